The fourth-order valence-electron chi connectivity index (χ4n) is 2.70. The standard InChI is InChI=1S/C13H23N3O3/c1-16-6-2-3-10(8-16)14-13(19)15-11(7-12(17)18)9-4-5-9/h9-11H,2-8H2,1H3,(H,17,18)(H2,14,15,19). The maximum absolute atomic E-state index is 11.9. The van der Waals surface area contributed by atoms with E-state index in [1.165, 1.54) is 0 Å². The Bertz CT molecular complexity index is 344. The Kier molecular flexibility index (Phi) is 4.63. The van der Waals surface area contributed by atoms with Crippen molar-refractivity contribution < 1.29 is 14.7 Å². The van der Waals surface area contributed by atoms with Crippen LogP contribution in [0.1, 0.15) is 32.1 Å². The lowest BCUT2D eigenvalue weighted by Crippen LogP contribution is -2.52. The number of likely N-dealkylation sites (N-methyl/N-ethyl adjacent to an activating group) is 1. The maximum Gasteiger partial charge on any atom is 0.315 e. The van der Waals surface area contributed by atoms with E-state index in [1.54, 1.807) is 0 Å². The van der Waals surface area contributed by atoms with Gasteiger partial charge in [-0.2, -0.15) is 0 Å². The summed E-state index contributed by atoms with van der Waals surface area (Å²) < 4.78 is 0. The van der Waals surface area contributed by atoms with Crippen LogP contribution in [0.2, 0.25) is 0 Å². The monoisotopic (exact) mass is 269 g/mol. The van der Waals surface area contributed by atoms with Crippen LogP contribution < -0.4 is 10.6 Å². The van der Waals surface area contributed by atoms with Crippen LogP contribution in [0.4, 0.5) is 4.79 Å². The number of amides is 2. The van der Waals surface area contributed by atoms with Gasteiger partial charge in [-0.25, -0.2) is 4.79 Å². The number of rotatable bonds is 5. The summed E-state index contributed by atoms with van der Waals surface area (Å²) in [5, 5.41) is 14.6. The van der Waals surface area contributed by atoms with E-state index in [-0.39, 0.29) is 24.5 Å². The van der Waals surface area contributed by atoms with Crippen LogP contribution >= 0.6 is 0 Å². The molecule has 2 rings (SSSR count). The van der Waals surface area contributed by atoms with Crippen molar-refractivity contribution in [2.75, 3.05) is 20.1 Å². The van der Waals surface area contributed by atoms with Gasteiger partial charge < -0.3 is 20.6 Å². The molecule has 1 aliphatic carbocycles. The minimum atomic E-state index is -0.852. The number of aliphatic carboxylic acids is 1. The van der Waals surface area contributed by atoms with Crippen LogP contribution in [0, 0.1) is 5.92 Å². The Hall–Kier alpha value is -1.30. The molecule has 19 heavy (non-hydrogen) atoms. The highest BCUT2D eigenvalue weighted by Gasteiger charge is 2.34. The summed E-state index contributed by atoms with van der Waals surface area (Å²) in [5.41, 5.74) is 0. The lowest BCUT2D eigenvalue weighted by molar-refractivity contribution is -0.137. The maximum atomic E-state index is 11.9. The van der Waals surface area contributed by atoms with Crippen molar-refractivity contribution in [3.63, 3.8) is 0 Å². The number of hydrogen-bond acceptors (Lipinski definition) is 3. The van der Waals surface area contributed by atoms with Gasteiger partial charge >= 0.3 is 12.0 Å². The van der Waals surface area contributed by atoms with Gasteiger partial charge in [-0.05, 0) is 45.2 Å². The van der Waals surface area contributed by atoms with Crippen LogP contribution in [0.3, 0.4) is 0 Å². The molecular weight excluding hydrogens is 246 g/mol. The summed E-state index contributed by atoms with van der Waals surface area (Å²) in [7, 11) is 2.04. The first kappa shape index (κ1) is 14.1. The average molecular weight is 269 g/mol. The van der Waals surface area contributed by atoms with E-state index in [2.05, 4.69) is 15.5 Å². The van der Waals surface area contributed by atoms with Gasteiger partial charge in [0.05, 0.1) is 6.42 Å². The molecule has 2 fully saturated rings. The molecule has 6 nitrogen and oxygen atoms in total. The molecule has 2 amide bonds. The minimum Gasteiger partial charge on any atom is -0.481 e. The number of urea groups is 1. The number of hydrogen-bond donors (Lipinski definition) is 3. The van der Waals surface area contributed by atoms with Crippen LogP contribution in [-0.4, -0.2) is 54.2 Å². The zero-order valence-corrected chi connectivity index (χ0v) is 11.4. The molecule has 1 heterocycles. The van der Waals surface area contributed by atoms with Crippen molar-refractivity contribution in [3.8, 4) is 0 Å². The van der Waals surface area contributed by atoms with Gasteiger partial charge in [-0.1, -0.05) is 0 Å². The summed E-state index contributed by atoms with van der Waals surface area (Å²) in [5.74, 6) is -0.509. The smallest absolute Gasteiger partial charge is 0.315 e. The Morgan fingerprint density at radius 3 is 2.68 bits per heavy atom. The van der Waals surface area contributed by atoms with Gasteiger partial charge in [0.15, 0.2) is 0 Å². The van der Waals surface area contributed by atoms with Crippen molar-refractivity contribution in [1.82, 2.24) is 15.5 Å². The molecule has 108 valence electrons. The molecule has 0 spiro atoms. The molecule has 0 radical (unpaired) electrons. The lowest BCUT2D eigenvalue weighted by atomic mass is 10.1. The van der Waals surface area contributed by atoms with Gasteiger partial charge in [-0.3, -0.25) is 4.79 Å². The lowest BCUT2D eigenvalue weighted by Gasteiger charge is -2.30. The van der Waals surface area contributed by atoms with Crippen LogP contribution in [0.15, 0.2) is 0 Å². The summed E-state index contributed by atoms with van der Waals surface area (Å²) >= 11 is 0. The number of carboxylic acids is 1. The van der Waals surface area contributed by atoms with Crippen molar-refractivity contribution in [2.45, 2.75) is 44.2 Å². The Labute approximate surface area is 113 Å². The molecular formula is C13H23N3O3. The van der Waals surface area contributed by atoms with E-state index >= 15 is 0 Å². The largest absolute Gasteiger partial charge is 0.481 e. The minimum absolute atomic E-state index is 0.0165. The number of piperidine rings is 1. The van der Waals surface area contributed by atoms with Crippen LogP contribution in [0.5, 0.6) is 0 Å². The molecule has 0 aromatic heterocycles. The number of carboxylic acid groups (broad SMARTS) is 1. The first-order chi connectivity index (χ1) is 9.04. The van der Waals surface area contributed by atoms with Gasteiger partial charge in [-0.15, -0.1) is 0 Å². The van der Waals surface area contributed by atoms with E-state index in [1.807, 2.05) is 7.05 Å². The second-order valence-corrected chi connectivity index (χ2v) is 5.76. The molecule has 3 N–H and O–H groups in total. The van der Waals surface area contributed by atoms with Gasteiger partial charge in [0.2, 0.25) is 0 Å². The zero-order chi connectivity index (χ0) is 13.8. The van der Waals surface area contributed by atoms with Crippen molar-refractivity contribution in [3.05, 3.63) is 0 Å². The molecule has 2 aliphatic rings. The molecule has 2 unspecified atom stereocenters. The van der Waals surface area contributed by atoms with Crippen LogP contribution in [0.25, 0.3) is 0 Å². The van der Waals surface area contributed by atoms with E-state index in [9.17, 15) is 9.59 Å². The SMILES string of the molecule is CN1CCCC(NC(=O)NC(CC(=O)O)C2CC2)C1. The number of likely N-dealkylation sites (tertiary alicyclic amines) is 1. The third-order valence-electron chi connectivity index (χ3n) is 3.86. The third-order valence-corrected chi connectivity index (χ3v) is 3.86. The zero-order valence-electron chi connectivity index (χ0n) is 11.4. The van der Waals surface area contributed by atoms with E-state index in [0.717, 1.165) is 38.8 Å². The second kappa shape index (κ2) is 6.23. The van der Waals surface area contributed by atoms with Crippen LogP contribution in [-0.2, 0) is 4.79 Å². The normalized spacial score (nSPS) is 25.6. The highest BCUT2D eigenvalue weighted by molar-refractivity contribution is 5.76. The number of nitrogens with one attached hydrogen (secondary N) is 2. The second-order valence-electron chi connectivity index (χ2n) is 5.76. The van der Waals surface area contributed by atoms with Gasteiger partial charge in [0.25, 0.3) is 0 Å². The summed E-state index contributed by atoms with van der Waals surface area (Å²) in [6.45, 7) is 1.93. The third kappa shape index (κ3) is 4.70. The topological polar surface area (TPSA) is 81.7 Å². The fourth-order valence-corrected chi connectivity index (χ4v) is 2.70. The van der Waals surface area contributed by atoms with Gasteiger partial charge in [0, 0.05) is 18.6 Å². The molecule has 6 heteroatoms. The molecule has 0 aromatic carbocycles. The number of carbonyl (C=O) groups is 2. The van der Waals surface area contributed by atoms with E-state index < -0.39 is 5.97 Å². The highest BCUT2D eigenvalue weighted by Crippen LogP contribution is 2.34. The summed E-state index contributed by atoms with van der Waals surface area (Å²) in [4.78, 5) is 24.9. The fraction of sp³-hybridized carbons (Fsp3) is 0.846. The molecule has 1 aliphatic heterocycles. The quantitative estimate of drug-likeness (QED) is 0.684. The van der Waals surface area contributed by atoms with Crippen molar-refractivity contribution in [2.24, 2.45) is 5.92 Å². The molecule has 0 aromatic rings. The number of carbonyl (C=O) groups excluding carboxylic acids is 1. The van der Waals surface area contributed by atoms with Crippen molar-refractivity contribution >= 4 is 12.0 Å². The Morgan fingerprint density at radius 2 is 2.11 bits per heavy atom. The van der Waals surface area contributed by atoms with Crippen molar-refractivity contribution in [1.29, 1.82) is 0 Å². The number of nitrogens with zero attached hydrogens (tertiary/aromatic N) is 1. The first-order valence-electron chi connectivity index (χ1n) is 7.02. The Balaban J connectivity index is 1.77. The summed E-state index contributed by atoms with van der Waals surface area (Å²) in [6, 6.07) is -0.277. The van der Waals surface area contributed by atoms with E-state index in [0.29, 0.717) is 5.92 Å². The predicted molar refractivity (Wildman–Crippen MR) is 71.0 cm³/mol. The first-order valence-corrected chi connectivity index (χ1v) is 7.02. The summed E-state index contributed by atoms with van der Waals surface area (Å²) in [6.07, 6.45) is 4.13. The highest BCUT2D eigenvalue weighted by atomic mass is 16.4. The molecule has 1 saturated carbocycles. The Morgan fingerprint density at radius 1 is 1.37 bits per heavy atom. The average Bonchev–Trinajstić information content (AvgIpc) is 3.10. The predicted octanol–water partition coefficient (Wildman–Crippen LogP) is 0.633. The van der Waals surface area contributed by atoms with E-state index in [4.69, 9.17) is 5.11 Å². The van der Waals surface area contributed by atoms with Gasteiger partial charge in [0.1, 0.15) is 0 Å². The molecule has 0 bridgehead atoms. The molecule has 1 saturated heterocycles. The molecule has 2 atom stereocenters.